The largest absolute Gasteiger partial charge is 0.480 e. The molecule has 1 atom stereocenters. The van der Waals surface area contributed by atoms with Crippen molar-refractivity contribution in [3.63, 3.8) is 0 Å². The zero-order valence-corrected chi connectivity index (χ0v) is 9.58. The molecule has 0 aromatic rings. The molecule has 1 unspecified atom stereocenters. The van der Waals surface area contributed by atoms with E-state index >= 15 is 0 Å². The molecule has 0 heterocycles. The number of carboxylic acid groups (broad SMARTS) is 1. The minimum absolute atomic E-state index is 0.0306. The number of rotatable bonds is 6. The Morgan fingerprint density at radius 2 is 1.79 bits per heavy atom. The average molecular weight is 224 g/mol. The fourth-order valence-corrected chi connectivity index (χ4v) is 3.01. The highest BCUT2D eigenvalue weighted by Crippen LogP contribution is 2.58. The van der Waals surface area contributed by atoms with E-state index in [1.54, 1.807) is 20.8 Å². The summed E-state index contributed by atoms with van der Waals surface area (Å²) in [7, 11) is -4.09. The summed E-state index contributed by atoms with van der Waals surface area (Å²) in [4.78, 5) is 20.5. The van der Waals surface area contributed by atoms with E-state index in [9.17, 15) is 14.3 Å². The minimum Gasteiger partial charge on any atom is -0.480 e. The van der Waals surface area contributed by atoms with Gasteiger partial charge in [0.2, 0.25) is 0 Å². The van der Waals surface area contributed by atoms with Crippen LogP contribution >= 0.6 is 7.60 Å². The summed E-state index contributed by atoms with van der Waals surface area (Å²) in [5.41, 5.74) is 0. The molecule has 0 aliphatic heterocycles. The van der Waals surface area contributed by atoms with Crippen LogP contribution in [0.15, 0.2) is 0 Å². The first-order chi connectivity index (χ1) is 6.38. The van der Waals surface area contributed by atoms with E-state index in [4.69, 9.17) is 5.11 Å². The first kappa shape index (κ1) is 13.6. The molecule has 0 aromatic heterocycles. The number of carboxylic acids is 1. The SMILES string of the molecule is CCOP(=O)(O)C(CC)(CC)C(=O)O. The third-order valence-electron chi connectivity index (χ3n) is 2.41. The van der Waals surface area contributed by atoms with Crippen molar-refractivity contribution in [2.24, 2.45) is 0 Å². The van der Waals surface area contributed by atoms with E-state index in [-0.39, 0.29) is 19.4 Å². The van der Waals surface area contributed by atoms with Crippen molar-refractivity contribution in [3.8, 4) is 0 Å². The Balaban J connectivity index is 5.18. The molecule has 0 fully saturated rings. The molecule has 0 saturated heterocycles. The van der Waals surface area contributed by atoms with Crippen molar-refractivity contribution >= 4 is 13.6 Å². The number of hydrogen-bond donors (Lipinski definition) is 2. The molecule has 0 radical (unpaired) electrons. The lowest BCUT2D eigenvalue weighted by molar-refractivity contribution is -0.141. The van der Waals surface area contributed by atoms with E-state index < -0.39 is 18.7 Å². The molecule has 0 aliphatic carbocycles. The fraction of sp³-hybridized carbons (Fsp3) is 0.875. The lowest BCUT2D eigenvalue weighted by atomic mass is 10.0. The van der Waals surface area contributed by atoms with Gasteiger partial charge in [0.05, 0.1) is 6.61 Å². The van der Waals surface area contributed by atoms with Crippen molar-refractivity contribution in [2.75, 3.05) is 6.61 Å². The molecule has 2 N–H and O–H groups in total. The van der Waals surface area contributed by atoms with Crippen molar-refractivity contribution in [3.05, 3.63) is 0 Å². The molecular formula is C8H17O5P. The number of aliphatic carboxylic acids is 1. The van der Waals surface area contributed by atoms with Gasteiger partial charge < -0.3 is 14.5 Å². The highest BCUT2D eigenvalue weighted by Gasteiger charge is 2.52. The Labute approximate surface area is 83.6 Å². The van der Waals surface area contributed by atoms with Crippen LogP contribution in [0, 0.1) is 0 Å². The van der Waals surface area contributed by atoms with Crippen LogP contribution in [0.2, 0.25) is 0 Å². The Hall–Kier alpha value is -0.380. The molecule has 0 aromatic carbocycles. The van der Waals surface area contributed by atoms with Crippen molar-refractivity contribution in [1.82, 2.24) is 0 Å². The van der Waals surface area contributed by atoms with E-state index in [0.29, 0.717) is 0 Å². The van der Waals surface area contributed by atoms with Gasteiger partial charge in [-0.15, -0.1) is 0 Å². The van der Waals surface area contributed by atoms with Crippen LogP contribution in [-0.4, -0.2) is 27.7 Å². The predicted octanol–water partition coefficient (Wildman–Crippen LogP) is 1.85. The van der Waals surface area contributed by atoms with Crippen molar-refractivity contribution in [2.45, 2.75) is 38.8 Å². The molecule has 0 amide bonds. The van der Waals surface area contributed by atoms with Crippen LogP contribution in [0.25, 0.3) is 0 Å². The van der Waals surface area contributed by atoms with E-state index in [1.165, 1.54) is 0 Å². The third-order valence-corrected chi connectivity index (χ3v) is 4.93. The predicted molar refractivity (Wildman–Crippen MR) is 52.4 cm³/mol. The second kappa shape index (κ2) is 4.91. The first-order valence-corrected chi connectivity index (χ1v) is 6.16. The molecule has 14 heavy (non-hydrogen) atoms. The summed E-state index contributed by atoms with van der Waals surface area (Å²) >= 11 is 0. The molecule has 0 saturated carbocycles. The summed E-state index contributed by atoms with van der Waals surface area (Å²) in [5, 5.41) is 7.31. The van der Waals surface area contributed by atoms with Crippen LogP contribution in [0.4, 0.5) is 0 Å². The Morgan fingerprint density at radius 3 is 2.00 bits per heavy atom. The van der Waals surface area contributed by atoms with Gasteiger partial charge in [0.25, 0.3) is 0 Å². The third kappa shape index (κ3) is 2.16. The summed E-state index contributed by atoms with van der Waals surface area (Å²) in [5.74, 6) is -1.28. The Bertz CT molecular complexity index is 246. The lowest BCUT2D eigenvalue weighted by Crippen LogP contribution is -2.37. The molecule has 0 spiro atoms. The van der Waals surface area contributed by atoms with Crippen molar-refractivity contribution < 1.29 is 23.9 Å². The van der Waals surface area contributed by atoms with Crippen molar-refractivity contribution in [1.29, 1.82) is 0 Å². The zero-order valence-electron chi connectivity index (χ0n) is 8.69. The average Bonchev–Trinajstić information content (AvgIpc) is 2.05. The maximum Gasteiger partial charge on any atom is 0.345 e. The molecule has 0 rings (SSSR count). The van der Waals surface area contributed by atoms with Gasteiger partial charge in [-0.3, -0.25) is 9.36 Å². The zero-order chi connectivity index (χ0) is 11.4. The highest BCUT2D eigenvalue weighted by atomic mass is 31.2. The molecule has 84 valence electrons. The first-order valence-electron chi connectivity index (χ1n) is 4.58. The highest BCUT2D eigenvalue weighted by molar-refractivity contribution is 7.55. The lowest BCUT2D eigenvalue weighted by Gasteiger charge is -2.30. The standard InChI is InChI=1S/C8H17O5P/c1-4-8(5-2,7(9)10)14(11,12)13-6-3/h4-6H2,1-3H3,(H,9,10)(H,11,12). The van der Waals surface area contributed by atoms with Gasteiger partial charge in [-0.2, -0.15) is 0 Å². The fourth-order valence-electron chi connectivity index (χ4n) is 1.37. The summed E-state index contributed by atoms with van der Waals surface area (Å²) in [6, 6.07) is 0. The number of hydrogen-bond acceptors (Lipinski definition) is 3. The van der Waals surface area contributed by atoms with Crippen LogP contribution < -0.4 is 0 Å². The number of carbonyl (C=O) groups is 1. The Kier molecular flexibility index (Phi) is 4.78. The summed E-state index contributed by atoms with van der Waals surface area (Å²) in [6.45, 7) is 4.72. The minimum atomic E-state index is -4.09. The second-order valence-electron chi connectivity index (χ2n) is 2.98. The topological polar surface area (TPSA) is 83.8 Å². The van der Waals surface area contributed by atoms with Gasteiger partial charge >= 0.3 is 13.6 Å². The maximum absolute atomic E-state index is 11.7. The molecule has 0 bridgehead atoms. The van der Waals surface area contributed by atoms with Gasteiger partial charge in [-0.1, -0.05) is 13.8 Å². The van der Waals surface area contributed by atoms with Gasteiger partial charge in [-0.25, -0.2) is 0 Å². The molecule has 0 aliphatic rings. The summed E-state index contributed by atoms with van der Waals surface area (Å²) in [6.07, 6.45) is 0.152. The van der Waals surface area contributed by atoms with Crippen LogP contribution in [0.3, 0.4) is 0 Å². The van der Waals surface area contributed by atoms with Crippen LogP contribution in [-0.2, 0) is 13.9 Å². The van der Waals surface area contributed by atoms with Crippen LogP contribution in [0.1, 0.15) is 33.6 Å². The van der Waals surface area contributed by atoms with Crippen LogP contribution in [0.5, 0.6) is 0 Å². The van der Waals surface area contributed by atoms with Gasteiger partial charge in [0, 0.05) is 0 Å². The van der Waals surface area contributed by atoms with E-state index in [0.717, 1.165) is 0 Å². The summed E-state index contributed by atoms with van der Waals surface area (Å²) < 4.78 is 16.4. The monoisotopic (exact) mass is 224 g/mol. The quantitative estimate of drug-likeness (QED) is 0.672. The van der Waals surface area contributed by atoms with Gasteiger partial charge in [-0.05, 0) is 19.8 Å². The maximum atomic E-state index is 11.7. The molecule has 6 heteroatoms. The van der Waals surface area contributed by atoms with Gasteiger partial charge in [0.1, 0.15) is 0 Å². The van der Waals surface area contributed by atoms with Gasteiger partial charge in [0.15, 0.2) is 5.16 Å². The second-order valence-corrected chi connectivity index (χ2v) is 5.14. The van der Waals surface area contributed by atoms with E-state index in [1.807, 2.05) is 0 Å². The Morgan fingerprint density at radius 1 is 1.36 bits per heavy atom. The molecule has 5 nitrogen and oxygen atoms in total. The van der Waals surface area contributed by atoms with E-state index in [2.05, 4.69) is 4.52 Å². The smallest absolute Gasteiger partial charge is 0.345 e. The normalized spacial score (nSPS) is 16.3. The molecular weight excluding hydrogens is 207 g/mol.